The van der Waals surface area contributed by atoms with Crippen LogP contribution in [0.4, 0.5) is 30.4 Å². The summed E-state index contributed by atoms with van der Waals surface area (Å²) >= 11 is 2.82. The Hall–Kier alpha value is -4.24. The average molecular weight is 663 g/mol. The van der Waals surface area contributed by atoms with Crippen LogP contribution in [0.1, 0.15) is 0 Å². The number of aromatic nitrogens is 2. The summed E-state index contributed by atoms with van der Waals surface area (Å²) in [6.45, 7) is 6.56. The van der Waals surface area contributed by atoms with Crippen molar-refractivity contribution in [2.45, 2.75) is 0 Å². The lowest BCUT2D eigenvalue weighted by atomic mass is 10.2. The Kier molecular flexibility index (Phi) is 8.76. The van der Waals surface area contributed by atoms with Crippen molar-refractivity contribution < 1.29 is 18.4 Å². The summed E-state index contributed by atoms with van der Waals surface area (Å²) in [6.07, 6.45) is 0. The first-order chi connectivity index (χ1) is 22.3. The summed E-state index contributed by atoms with van der Waals surface area (Å²) in [5, 5.41) is 6.95. The summed E-state index contributed by atoms with van der Waals surface area (Å²) in [6, 6.07) is 16.9. The van der Waals surface area contributed by atoms with E-state index in [-0.39, 0.29) is 36.5 Å². The van der Waals surface area contributed by atoms with Crippen LogP contribution < -0.4 is 20.4 Å². The molecular weight excluding hydrogens is 631 g/mol. The van der Waals surface area contributed by atoms with Crippen LogP contribution in [0.15, 0.2) is 60.7 Å². The standard InChI is InChI=1S/C32H32F2N8O2S2/c33-21-1-5-23(6-2-21)41-13-9-39(10-14-41)19-29(43)37-31-35-25-17-26-28(18-27(25)45-31)46-32(36-26)38-30(44)20-40-11-15-42(16-12-40)24-7-3-22(34)4-8-24/h1-8,17-18H,9-16,19-20H2,(H,35,37,43)(H,36,38,44). The van der Waals surface area contributed by atoms with Gasteiger partial charge in [-0.3, -0.25) is 19.4 Å². The number of nitrogens with one attached hydrogen (secondary N) is 2. The maximum Gasteiger partial charge on any atom is 0.240 e. The van der Waals surface area contributed by atoms with Gasteiger partial charge in [0, 0.05) is 63.7 Å². The van der Waals surface area contributed by atoms with Crippen molar-refractivity contribution in [2.75, 3.05) is 85.9 Å². The molecule has 5 aromatic rings. The van der Waals surface area contributed by atoms with E-state index in [4.69, 9.17) is 0 Å². The highest BCUT2D eigenvalue weighted by Crippen LogP contribution is 2.34. The number of hydrogen-bond donors (Lipinski definition) is 2. The molecule has 7 rings (SSSR count). The number of thiazole rings is 2. The number of halogens is 2. The Morgan fingerprint density at radius 2 is 1.00 bits per heavy atom. The van der Waals surface area contributed by atoms with E-state index in [9.17, 15) is 18.4 Å². The molecule has 10 nitrogen and oxygen atoms in total. The third kappa shape index (κ3) is 7.09. The molecule has 0 spiro atoms. The minimum Gasteiger partial charge on any atom is -0.369 e. The van der Waals surface area contributed by atoms with E-state index in [0.717, 1.165) is 84.2 Å². The highest BCUT2D eigenvalue weighted by atomic mass is 32.1. The van der Waals surface area contributed by atoms with Crippen molar-refractivity contribution in [2.24, 2.45) is 0 Å². The second-order valence-electron chi connectivity index (χ2n) is 11.4. The predicted molar refractivity (Wildman–Crippen MR) is 180 cm³/mol. The van der Waals surface area contributed by atoms with Gasteiger partial charge in [-0.25, -0.2) is 18.7 Å². The van der Waals surface area contributed by atoms with Crippen LogP contribution in [0.3, 0.4) is 0 Å². The maximum absolute atomic E-state index is 13.2. The Balaban J connectivity index is 0.891. The zero-order valence-corrected chi connectivity index (χ0v) is 26.5. The van der Waals surface area contributed by atoms with Gasteiger partial charge in [0.1, 0.15) is 11.6 Å². The smallest absolute Gasteiger partial charge is 0.240 e. The molecule has 2 saturated heterocycles. The third-order valence-electron chi connectivity index (χ3n) is 8.25. The van der Waals surface area contributed by atoms with Crippen molar-refractivity contribution in [3.63, 3.8) is 0 Å². The lowest BCUT2D eigenvalue weighted by molar-refractivity contribution is -0.118. The summed E-state index contributed by atoms with van der Waals surface area (Å²) in [4.78, 5) is 43.4. The second-order valence-corrected chi connectivity index (χ2v) is 13.5. The molecule has 2 N–H and O–H groups in total. The van der Waals surface area contributed by atoms with Crippen LogP contribution in [-0.2, 0) is 9.59 Å². The minimum atomic E-state index is -0.249. The second kappa shape index (κ2) is 13.2. The van der Waals surface area contributed by atoms with Crippen molar-refractivity contribution in [3.05, 3.63) is 72.3 Å². The first kappa shape index (κ1) is 30.4. The molecule has 46 heavy (non-hydrogen) atoms. The predicted octanol–water partition coefficient (Wildman–Crippen LogP) is 4.71. The molecule has 0 saturated carbocycles. The maximum atomic E-state index is 13.2. The molecule has 0 bridgehead atoms. The number of piperazine rings is 2. The van der Waals surface area contributed by atoms with Gasteiger partial charge in [0.05, 0.1) is 33.5 Å². The number of rotatable bonds is 8. The van der Waals surface area contributed by atoms with Crippen LogP contribution in [0.2, 0.25) is 0 Å². The summed E-state index contributed by atoms with van der Waals surface area (Å²) in [7, 11) is 0. The average Bonchev–Trinajstić information content (AvgIpc) is 3.62. The fourth-order valence-electron chi connectivity index (χ4n) is 5.81. The van der Waals surface area contributed by atoms with E-state index < -0.39 is 0 Å². The molecule has 2 fully saturated rings. The van der Waals surface area contributed by atoms with Crippen LogP contribution in [0.5, 0.6) is 0 Å². The number of carbonyl (C=O) groups is 2. The number of benzene rings is 3. The molecular formula is C32H32F2N8O2S2. The van der Waals surface area contributed by atoms with E-state index in [2.05, 4.69) is 40.2 Å². The van der Waals surface area contributed by atoms with E-state index in [1.54, 1.807) is 24.3 Å². The SMILES string of the molecule is O=C(CN1CCN(c2ccc(F)cc2)CC1)Nc1nc2cc3nc(NC(=O)CN4CCN(c5ccc(F)cc5)CC4)sc3cc2s1. The first-order valence-corrected chi connectivity index (χ1v) is 16.7. The molecule has 2 aliphatic heterocycles. The van der Waals surface area contributed by atoms with Crippen LogP contribution in [-0.4, -0.2) is 97.0 Å². The van der Waals surface area contributed by atoms with E-state index >= 15 is 0 Å². The number of hydrogen-bond acceptors (Lipinski definition) is 10. The van der Waals surface area contributed by atoms with Crippen molar-refractivity contribution in [3.8, 4) is 0 Å². The lowest BCUT2D eigenvalue weighted by Crippen LogP contribution is -2.48. The van der Waals surface area contributed by atoms with Crippen LogP contribution in [0, 0.1) is 11.6 Å². The molecule has 3 aromatic carbocycles. The zero-order valence-electron chi connectivity index (χ0n) is 24.9. The molecule has 4 heterocycles. The zero-order chi connectivity index (χ0) is 31.6. The first-order valence-electron chi connectivity index (χ1n) is 15.1. The van der Waals surface area contributed by atoms with Gasteiger partial charge >= 0.3 is 0 Å². The Morgan fingerprint density at radius 1 is 0.609 bits per heavy atom. The molecule has 14 heteroatoms. The monoisotopic (exact) mass is 662 g/mol. The quantitative estimate of drug-likeness (QED) is 0.247. The molecule has 0 aliphatic carbocycles. The largest absolute Gasteiger partial charge is 0.369 e. The third-order valence-corrected chi connectivity index (χ3v) is 10.1. The van der Waals surface area contributed by atoms with Crippen molar-refractivity contribution >= 4 is 76.6 Å². The highest BCUT2D eigenvalue weighted by Gasteiger charge is 2.22. The number of anilines is 4. The van der Waals surface area contributed by atoms with Gasteiger partial charge in [0.25, 0.3) is 0 Å². The van der Waals surface area contributed by atoms with Gasteiger partial charge in [-0.15, -0.1) is 0 Å². The summed E-state index contributed by atoms with van der Waals surface area (Å²) in [5.41, 5.74) is 3.45. The molecule has 2 aliphatic rings. The van der Waals surface area contributed by atoms with Gasteiger partial charge in [0.2, 0.25) is 11.8 Å². The van der Waals surface area contributed by atoms with Crippen LogP contribution >= 0.6 is 22.7 Å². The van der Waals surface area contributed by atoms with Gasteiger partial charge < -0.3 is 20.4 Å². The van der Waals surface area contributed by atoms with Gasteiger partial charge in [-0.2, -0.15) is 0 Å². The number of carbonyl (C=O) groups excluding carboxylic acids is 2. The number of amides is 2. The number of fused-ring (bicyclic) bond motifs is 2. The minimum absolute atomic E-state index is 0.115. The summed E-state index contributed by atoms with van der Waals surface area (Å²) < 4.78 is 28.3. The molecule has 0 radical (unpaired) electrons. The molecule has 0 unspecified atom stereocenters. The Labute approximate surface area is 272 Å². The van der Waals surface area contributed by atoms with Crippen LogP contribution in [0.25, 0.3) is 20.4 Å². The normalized spacial score (nSPS) is 16.3. The van der Waals surface area contributed by atoms with Gasteiger partial charge in [0.15, 0.2) is 10.3 Å². The van der Waals surface area contributed by atoms with Crippen molar-refractivity contribution in [1.29, 1.82) is 0 Å². The van der Waals surface area contributed by atoms with E-state index in [0.29, 0.717) is 10.3 Å². The highest BCUT2D eigenvalue weighted by molar-refractivity contribution is 7.24. The summed E-state index contributed by atoms with van der Waals surface area (Å²) in [5.74, 6) is -0.727. The molecule has 2 amide bonds. The lowest BCUT2D eigenvalue weighted by Gasteiger charge is -2.35. The van der Waals surface area contributed by atoms with E-state index in [1.165, 1.54) is 46.9 Å². The molecule has 2 aromatic heterocycles. The van der Waals surface area contributed by atoms with Gasteiger partial charge in [-0.05, 0) is 60.7 Å². The fourth-order valence-corrected chi connectivity index (χ4v) is 7.69. The van der Waals surface area contributed by atoms with Gasteiger partial charge in [-0.1, -0.05) is 22.7 Å². The molecule has 238 valence electrons. The fraction of sp³-hybridized carbons (Fsp3) is 0.312. The molecule has 0 atom stereocenters. The van der Waals surface area contributed by atoms with E-state index in [1.807, 2.05) is 12.1 Å². The number of nitrogens with zero attached hydrogens (tertiary/aromatic N) is 6. The van der Waals surface area contributed by atoms with Crippen molar-refractivity contribution in [1.82, 2.24) is 19.8 Å². The Morgan fingerprint density at radius 3 is 1.39 bits per heavy atom. The topological polar surface area (TPSA) is 96.9 Å². The Bertz CT molecular complexity index is 1670.